The van der Waals surface area contributed by atoms with Crippen LogP contribution in [0.1, 0.15) is 16.8 Å². The summed E-state index contributed by atoms with van der Waals surface area (Å²) in [5.41, 5.74) is 2.64. The van der Waals surface area contributed by atoms with Gasteiger partial charge in [-0.1, -0.05) is 18.2 Å². The van der Waals surface area contributed by atoms with Crippen molar-refractivity contribution in [1.82, 2.24) is 9.29 Å². The number of hydrogen-bond donors (Lipinski definition) is 0. The zero-order valence-corrected chi connectivity index (χ0v) is 19.0. The van der Waals surface area contributed by atoms with Gasteiger partial charge in [-0.25, -0.2) is 17.8 Å². The van der Waals surface area contributed by atoms with Gasteiger partial charge >= 0.3 is 0 Å². The number of ether oxygens (including phenoxy) is 1. The van der Waals surface area contributed by atoms with Crippen molar-refractivity contribution in [2.75, 3.05) is 38.2 Å². The summed E-state index contributed by atoms with van der Waals surface area (Å²) in [5.74, 6) is 0.271. The van der Waals surface area contributed by atoms with E-state index < -0.39 is 15.8 Å². The molecule has 0 atom stereocenters. The van der Waals surface area contributed by atoms with E-state index in [0.717, 1.165) is 28.2 Å². The number of nitrogens with zero attached hydrogens (tertiary/aromatic N) is 3. The summed E-state index contributed by atoms with van der Waals surface area (Å²) in [6.45, 7) is 3.44. The Bertz CT molecular complexity index is 1170. The van der Waals surface area contributed by atoms with Crippen LogP contribution in [0.2, 0.25) is 0 Å². The molecule has 1 fully saturated rings. The Morgan fingerprint density at radius 1 is 1.13 bits per heavy atom. The van der Waals surface area contributed by atoms with Crippen molar-refractivity contribution in [3.8, 4) is 5.75 Å². The number of piperazine rings is 1. The zero-order valence-electron chi connectivity index (χ0n) is 17.4. The molecule has 0 aliphatic carbocycles. The Morgan fingerprint density at radius 2 is 1.90 bits per heavy atom. The van der Waals surface area contributed by atoms with E-state index in [0.29, 0.717) is 38.2 Å². The SMILES string of the molecule is COc1cccc(Cc2csc(N3CCN(S(=O)(=O)c4cc(F)ccc4C)CC3)n2)c1. The monoisotopic (exact) mass is 461 g/mol. The van der Waals surface area contributed by atoms with Crippen molar-refractivity contribution in [3.05, 3.63) is 70.5 Å². The topological polar surface area (TPSA) is 62.7 Å². The van der Waals surface area contributed by atoms with Gasteiger partial charge in [0.25, 0.3) is 0 Å². The number of methoxy groups -OCH3 is 1. The van der Waals surface area contributed by atoms with Crippen LogP contribution in [-0.2, 0) is 16.4 Å². The fourth-order valence-electron chi connectivity index (χ4n) is 3.62. The van der Waals surface area contributed by atoms with E-state index in [1.807, 2.05) is 29.6 Å². The van der Waals surface area contributed by atoms with Crippen LogP contribution >= 0.6 is 11.3 Å². The van der Waals surface area contributed by atoms with Crippen LogP contribution in [0.5, 0.6) is 5.75 Å². The average molecular weight is 462 g/mol. The highest BCUT2D eigenvalue weighted by Crippen LogP contribution is 2.27. The molecule has 2 heterocycles. The molecule has 0 unspecified atom stereocenters. The van der Waals surface area contributed by atoms with Crippen LogP contribution < -0.4 is 9.64 Å². The molecule has 1 aromatic heterocycles. The van der Waals surface area contributed by atoms with Gasteiger partial charge in [0.1, 0.15) is 11.6 Å². The second-order valence-corrected chi connectivity index (χ2v) is 10.2. The molecule has 164 valence electrons. The number of thiazole rings is 1. The molecule has 1 aliphatic rings. The first-order chi connectivity index (χ1) is 14.9. The first-order valence-electron chi connectivity index (χ1n) is 9.95. The second-order valence-electron chi connectivity index (χ2n) is 7.45. The molecule has 1 saturated heterocycles. The minimum absolute atomic E-state index is 0.0378. The molecule has 0 saturated carbocycles. The Kier molecular flexibility index (Phi) is 6.27. The Labute approximate surface area is 186 Å². The number of aryl methyl sites for hydroxylation is 1. The van der Waals surface area contributed by atoms with Crippen LogP contribution in [-0.4, -0.2) is 51.0 Å². The van der Waals surface area contributed by atoms with E-state index >= 15 is 0 Å². The summed E-state index contributed by atoms with van der Waals surface area (Å²) >= 11 is 1.56. The van der Waals surface area contributed by atoms with Gasteiger partial charge in [0.05, 0.1) is 17.7 Å². The van der Waals surface area contributed by atoms with E-state index in [9.17, 15) is 12.8 Å². The van der Waals surface area contributed by atoms with E-state index in [-0.39, 0.29) is 4.90 Å². The molecular formula is C22H24FN3O3S2. The maximum atomic E-state index is 13.6. The zero-order chi connectivity index (χ0) is 22.0. The largest absolute Gasteiger partial charge is 0.497 e. The number of hydrogen-bond acceptors (Lipinski definition) is 6. The highest BCUT2D eigenvalue weighted by atomic mass is 32.2. The summed E-state index contributed by atoms with van der Waals surface area (Å²) in [4.78, 5) is 6.88. The van der Waals surface area contributed by atoms with Crippen LogP contribution in [0.3, 0.4) is 0 Å². The molecule has 0 N–H and O–H groups in total. The molecule has 3 aromatic rings. The lowest BCUT2D eigenvalue weighted by Crippen LogP contribution is -2.48. The Hall–Kier alpha value is -2.49. The molecule has 1 aliphatic heterocycles. The third-order valence-corrected chi connectivity index (χ3v) is 8.33. The van der Waals surface area contributed by atoms with E-state index in [2.05, 4.69) is 4.90 Å². The van der Waals surface area contributed by atoms with E-state index in [1.54, 1.807) is 25.4 Å². The third-order valence-electron chi connectivity index (χ3n) is 5.34. The summed E-state index contributed by atoms with van der Waals surface area (Å²) in [5, 5.41) is 2.92. The minimum Gasteiger partial charge on any atom is -0.497 e. The quantitative estimate of drug-likeness (QED) is 0.560. The summed E-state index contributed by atoms with van der Waals surface area (Å²) in [7, 11) is -2.08. The molecule has 0 amide bonds. The normalized spacial score (nSPS) is 15.3. The average Bonchev–Trinajstić information content (AvgIpc) is 3.24. The summed E-state index contributed by atoms with van der Waals surface area (Å²) in [6, 6.07) is 11.8. The van der Waals surface area contributed by atoms with Gasteiger partial charge in [0, 0.05) is 38.0 Å². The lowest BCUT2D eigenvalue weighted by Gasteiger charge is -2.34. The number of halogens is 1. The van der Waals surface area contributed by atoms with Gasteiger partial charge < -0.3 is 9.64 Å². The van der Waals surface area contributed by atoms with Crippen LogP contribution in [0, 0.1) is 12.7 Å². The standard InChI is InChI=1S/C22H24FN3O3S2/c1-16-6-7-18(23)14-21(16)31(27,28)26-10-8-25(9-11-26)22-24-19(15-30-22)12-17-4-3-5-20(13-17)29-2/h3-7,13-15H,8-12H2,1-2H3. The first kappa shape index (κ1) is 21.7. The predicted molar refractivity (Wildman–Crippen MR) is 120 cm³/mol. The van der Waals surface area contributed by atoms with Gasteiger partial charge in [0.2, 0.25) is 10.0 Å². The number of anilines is 1. The third kappa shape index (κ3) is 4.73. The van der Waals surface area contributed by atoms with Crippen LogP contribution in [0.15, 0.2) is 52.7 Å². The number of sulfonamides is 1. The fourth-order valence-corrected chi connectivity index (χ4v) is 6.16. The summed E-state index contributed by atoms with van der Waals surface area (Å²) in [6.07, 6.45) is 0.709. The van der Waals surface area contributed by atoms with Crippen molar-refractivity contribution in [2.45, 2.75) is 18.2 Å². The number of benzene rings is 2. The molecular weight excluding hydrogens is 437 g/mol. The number of aromatic nitrogens is 1. The molecule has 4 rings (SSSR count). The Morgan fingerprint density at radius 3 is 2.65 bits per heavy atom. The van der Waals surface area contributed by atoms with Gasteiger partial charge in [-0.15, -0.1) is 11.3 Å². The molecule has 6 nitrogen and oxygen atoms in total. The van der Waals surface area contributed by atoms with Gasteiger partial charge in [0.15, 0.2) is 5.13 Å². The van der Waals surface area contributed by atoms with Crippen molar-refractivity contribution in [2.24, 2.45) is 0 Å². The minimum atomic E-state index is -3.73. The van der Waals surface area contributed by atoms with E-state index in [1.165, 1.54) is 16.4 Å². The second kappa shape index (κ2) is 8.94. The molecule has 0 spiro atoms. The maximum Gasteiger partial charge on any atom is 0.243 e. The van der Waals surface area contributed by atoms with Crippen LogP contribution in [0.4, 0.5) is 9.52 Å². The molecule has 31 heavy (non-hydrogen) atoms. The van der Waals surface area contributed by atoms with Crippen molar-refractivity contribution >= 4 is 26.5 Å². The lowest BCUT2D eigenvalue weighted by atomic mass is 10.1. The fraction of sp³-hybridized carbons (Fsp3) is 0.318. The van der Waals surface area contributed by atoms with Crippen molar-refractivity contribution in [1.29, 1.82) is 0 Å². The predicted octanol–water partition coefficient (Wildman–Crippen LogP) is 3.70. The molecule has 0 bridgehead atoms. The van der Waals surface area contributed by atoms with Gasteiger partial charge in [-0.05, 0) is 42.3 Å². The number of rotatable bonds is 6. The Balaban J connectivity index is 1.42. The highest BCUT2D eigenvalue weighted by molar-refractivity contribution is 7.89. The highest BCUT2D eigenvalue weighted by Gasteiger charge is 2.30. The maximum absolute atomic E-state index is 13.6. The van der Waals surface area contributed by atoms with Crippen molar-refractivity contribution < 1.29 is 17.5 Å². The van der Waals surface area contributed by atoms with E-state index in [4.69, 9.17) is 9.72 Å². The van der Waals surface area contributed by atoms with Gasteiger partial charge in [-0.3, -0.25) is 0 Å². The summed E-state index contributed by atoms with van der Waals surface area (Å²) < 4.78 is 46.3. The smallest absolute Gasteiger partial charge is 0.243 e. The molecule has 2 aromatic carbocycles. The lowest BCUT2D eigenvalue weighted by molar-refractivity contribution is 0.384. The van der Waals surface area contributed by atoms with Gasteiger partial charge in [-0.2, -0.15) is 4.31 Å². The van der Waals surface area contributed by atoms with Crippen molar-refractivity contribution in [3.63, 3.8) is 0 Å². The molecule has 9 heteroatoms. The first-order valence-corrected chi connectivity index (χ1v) is 12.3. The van der Waals surface area contributed by atoms with Crippen LogP contribution in [0.25, 0.3) is 0 Å². The molecule has 0 radical (unpaired) electrons.